The minimum Gasteiger partial charge on any atom is -0.478 e. The van der Waals surface area contributed by atoms with Crippen molar-refractivity contribution in [1.29, 1.82) is 0 Å². The third kappa shape index (κ3) is 4.51. The molecule has 1 aromatic rings. The van der Waals surface area contributed by atoms with E-state index < -0.39 is 27.5 Å². The van der Waals surface area contributed by atoms with Gasteiger partial charge >= 0.3 is 5.97 Å². The van der Waals surface area contributed by atoms with Crippen molar-refractivity contribution >= 4 is 27.4 Å². The van der Waals surface area contributed by atoms with E-state index in [0.29, 0.717) is 12.8 Å². The number of halogens is 1. The number of carboxylic acid groups (broad SMARTS) is 1. The molecule has 0 unspecified atom stereocenters. The Morgan fingerprint density at radius 3 is 2.48 bits per heavy atom. The van der Waals surface area contributed by atoms with E-state index in [9.17, 15) is 22.4 Å². The molecular formula is C15H18FNO5S. The quantitative estimate of drug-likeness (QED) is 0.825. The molecule has 1 amide bonds. The summed E-state index contributed by atoms with van der Waals surface area (Å²) in [6.07, 6.45) is 2.79. The lowest BCUT2D eigenvalue weighted by Gasteiger charge is -2.11. The summed E-state index contributed by atoms with van der Waals surface area (Å²) < 4.78 is 37.8. The van der Waals surface area contributed by atoms with E-state index in [0.717, 1.165) is 31.0 Å². The van der Waals surface area contributed by atoms with Gasteiger partial charge in [-0.05, 0) is 31.0 Å². The fraction of sp³-hybridized carbons (Fsp3) is 0.467. The highest BCUT2D eigenvalue weighted by Gasteiger charge is 2.28. The van der Waals surface area contributed by atoms with Gasteiger partial charge in [0.25, 0.3) is 0 Å². The van der Waals surface area contributed by atoms with Gasteiger partial charge in [0.2, 0.25) is 5.91 Å². The Hall–Kier alpha value is -1.96. The maximum Gasteiger partial charge on any atom is 0.335 e. The Balaban J connectivity index is 1.93. The first-order chi connectivity index (χ1) is 10.8. The number of hydrogen-bond donors (Lipinski definition) is 2. The van der Waals surface area contributed by atoms with E-state index in [4.69, 9.17) is 5.11 Å². The molecule has 23 heavy (non-hydrogen) atoms. The van der Waals surface area contributed by atoms with Crippen molar-refractivity contribution in [2.24, 2.45) is 0 Å². The van der Waals surface area contributed by atoms with Crippen molar-refractivity contribution in [3.8, 4) is 0 Å². The van der Waals surface area contributed by atoms with Crippen LogP contribution < -0.4 is 5.32 Å². The second-order valence-corrected chi connectivity index (χ2v) is 7.97. The summed E-state index contributed by atoms with van der Waals surface area (Å²) in [5.41, 5.74) is -0.400. The van der Waals surface area contributed by atoms with Crippen LogP contribution in [0, 0.1) is 5.82 Å². The molecule has 0 heterocycles. The van der Waals surface area contributed by atoms with Crippen LogP contribution in [0.1, 0.15) is 42.5 Å². The first-order valence-corrected chi connectivity index (χ1v) is 9.05. The van der Waals surface area contributed by atoms with Gasteiger partial charge in [-0.3, -0.25) is 4.79 Å². The van der Waals surface area contributed by atoms with Crippen LogP contribution in [0.2, 0.25) is 0 Å². The lowest BCUT2D eigenvalue weighted by molar-refractivity contribution is -0.115. The van der Waals surface area contributed by atoms with E-state index in [-0.39, 0.29) is 28.7 Å². The fourth-order valence-corrected chi connectivity index (χ4v) is 4.47. The van der Waals surface area contributed by atoms with Gasteiger partial charge < -0.3 is 10.4 Å². The van der Waals surface area contributed by atoms with E-state index in [1.165, 1.54) is 0 Å². The lowest BCUT2D eigenvalue weighted by Crippen LogP contribution is -2.24. The van der Waals surface area contributed by atoms with Crippen LogP contribution in [0.25, 0.3) is 0 Å². The first kappa shape index (κ1) is 17.4. The maximum absolute atomic E-state index is 13.7. The van der Waals surface area contributed by atoms with Crippen LogP contribution in [0.4, 0.5) is 10.1 Å². The Kier molecular flexibility index (Phi) is 5.35. The second kappa shape index (κ2) is 7.08. The highest BCUT2D eigenvalue weighted by atomic mass is 32.2. The van der Waals surface area contributed by atoms with Crippen LogP contribution in [-0.2, 0) is 14.6 Å². The zero-order chi connectivity index (χ0) is 17.0. The van der Waals surface area contributed by atoms with Crippen molar-refractivity contribution in [3.63, 3.8) is 0 Å². The van der Waals surface area contributed by atoms with Gasteiger partial charge in [0.15, 0.2) is 9.84 Å². The summed E-state index contributed by atoms with van der Waals surface area (Å²) in [6.45, 7) is 0. The molecule has 0 radical (unpaired) electrons. The van der Waals surface area contributed by atoms with Gasteiger partial charge in [-0.15, -0.1) is 0 Å². The zero-order valence-corrected chi connectivity index (χ0v) is 13.2. The minimum absolute atomic E-state index is 0.168. The summed E-state index contributed by atoms with van der Waals surface area (Å²) in [5.74, 6) is -3.03. The molecule has 1 aliphatic carbocycles. The van der Waals surface area contributed by atoms with E-state index in [1.807, 2.05) is 0 Å². The van der Waals surface area contributed by atoms with Gasteiger partial charge in [-0.25, -0.2) is 17.6 Å². The topological polar surface area (TPSA) is 101 Å². The fourth-order valence-electron chi connectivity index (χ4n) is 2.61. The number of nitrogens with one attached hydrogen (secondary N) is 1. The predicted molar refractivity (Wildman–Crippen MR) is 82.6 cm³/mol. The first-order valence-electron chi connectivity index (χ1n) is 7.34. The summed E-state index contributed by atoms with van der Waals surface area (Å²) >= 11 is 0. The number of benzene rings is 1. The summed E-state index contributed by atoms with van der Waals surface area (Å²) in [6, 6.07) is 3.10. The second-order valence-electron chi connectivity index (χ2n) is 5.57. The van der Waals surface area contributed by atoms with Crippen LogP contribution in [0.5, 0.6) is 0 Å². The largest absolute Gasteiger partial charge is 0.478 e. The Morgan fingerprint density at radius 2 is 1.91 bits per heavy atom. The van der Waals surface area contributed by atoms with Crippen molar-refractivity contribution in [3.05, 3.63) is 29.6 Å². The lowest BCUT2D eigenvalue weighted by atomic mass is 10.2. The van der Waals surface area contributed by atoms with Gasteiger partial charge in [0.1, 0.15) is 5.82 Å². The van der Waals surface area contributed by atoms with E-state index in [2.05, 4.69) is 5.32 Å². The molecule has 0 bridgehead atoms. The summed E-state index contributed by atoms with van der Waals surface area (Å²) in [4.78, 5) is 22.5. The molecule has 2 rings (SSSR count). The summed E-state index contributed by atoms with van der Waals surface area (Å²) in [7, 11) is -3.31. The third-order valence-electron chi connectivity index (χ3n) is 3.91. The highest BCUT2D eigenvalue weighted by molar-refractivity contribution is 7.92. The van der Waals surface area contributed by atoms with Gasteiger partial charge in [0.05, 0.1) is 22.3 Å². The van der Waals surface area contributed by atoms with E-state index >= 15 is 0 Å². The number of rotatable bonds is 6. The van der Waals surface area contributed by atoms with Crippen LogP contribution in [0.3, 0.4) is 0 Å². The minimum atomic E-state index is -3.31. The average Bonchev–Trinajstić information content (AvgIpc) is 3.02. The molecule has 1 fully saturated rings. The number of amides is 1. The van der Waals surface area contributed by atoms with Crippen molar-refractivity contribution in [1.82, 2.24) is 0 Å². The molecule has 0 aliphatic heterocycles. The zero-order valence-electron chi connectivity index (χ0n) is 12.4. The molecule has 1 aromatic carbocycles. The Bertz CT molecular complexity index is 711. The van der Waals surface area contributed by atoms with Crippen LogP contribution in [-0.4, -0.2) is 36.4 Å². The number of hydrogen-bond acceptors (Lipinski definition) is 4. The van der Waals surface area contributed by atoms with Crippen molar-refractivity contribution < 1.29 is 27.5 Å². The standard InChI is InChI=1S/C15H18FNO5S/c16-12-9-10(15(19)20)5-6-13(12)17-14(18)7-8-23(21,22)11-3-1-2-4-11/h5-6,9,11H,1-4,7-8H2,(H,17,18)(H,19,20). The maximum atomic E-state index is 13.7. The van der Waals surface area contributed by atoms with E-state index in [1.54, 1.807) is 0 Å². The summed E-state index contributed by atoms with van der Waals surface area (Å²) in [5, 5.41) is 10.6. The number of anilines is 1. The third-order valence-corrected chi connectivity index (χ3v) is 6.17. The molecule has 0 saturated heterocycles. The predicted octanol–water partition coefficient (Wildman–Crippen LogP) is 2.21. The molecule has 0 spiro atoms. The SMILES string of the molecule is O=C(CCS(=O)(=O)C1CCCC1)Nc1ccc(C(=O)O)cc1F. The normalized spacial score (nSPS) is 15.5. The molecular weight excluding hydrogens is 325 g/mol. The number of sulfone groups is 1. The molecule has 0 atom stereocenters. The van der Waals surface area contributed by atoms with Gasteiger partial charge in [0, 0.05) is 6.42 Å². The molecule has 1 saturated carbocycles. The highest BCUT2D eigenvalue weighted by Crippen LogP contribution is 2.25. The average molecular weight is 343 g/mol. The van der Waals surface area contributed by atoms with Crippen LogP contribution in [0.15, 0.2) is 18.2 Å². The number of carbonyl (C=O) groups excluding carboxylic acids is 1. The van der Waals surface area contributed by atoms with Gasteiger partial charge in [-0.2, -0.15) is 0 Å². The Morgan fingerprint density at radius 1 is 1.26 bits per heavy atom. The monoisotopic (exact) mass is 343 g/mol. The van der Waals surface area contributed by atoms with Crippen molar-refractivity contribution in [2.75, 3.05) is 11.1 Å². The molecule has 1 aliphatic rings. The van der Waals surface area contributed by atoms with Crippen LogP contribution >= 0.6 is 0 Å². The number of carbonyl (C=O) groups is 2. The molecule has 126 valence electrons. The molecule has 6 nitrogen and oxygen atoms in total. The molecule has 0 aromatic heterocycles. The number of aromatic carboxylic acids is 1. The molecule has 2 N–H and O–H groups in total. The Labute approximate surface area is 133 Å². The van der Waals surface area contributed by atoms with Gasteiger partial charge in [-0.1, -0.05) is 12.8 Å². The molecule has 8 heteroatoms. The smallest absolute Gasteiger partial charge is 0.335 e. The van der Waals surface area contributed by atoms with Crippen molar-refractivity contribution in [2.45, 2.75) is 37.4 Å². The number of carboxylic acids is 1.